The second-order valence-corrected chi connectivity index (χ2v) is 7.52. The fourth-order valence-corrected chi connectivity index (χ4v) is 2.60. The van der Waals surface area contributed by atoms with Gasteiger partial charge in [-0.15, -0.1) is 35.3 Å². The highest BCUT2D eigenvalue weighted by Gasteiger charge is 2.20. The normalized spacial score (nSPS) is 11.6. The van der Waals surface area contributed by atoms with Crippen molar-refractivity contribution in [3.8, 4) is 0 Å². The summed E-state index contributed by atoms with van der Waals surface area (Å²) in [6.45, 7) is 10.7. The molecule has 0 saturated heterocycles. The lowest BCUT2D eigenvalue weighted by atomic mass is 9.96. The molecule has 1 heterocycles. The van der Waals surface area contributed by atoms with Crippen LogP contribution in [0.1, 0.15) is 32.6 Å². The van der Waals surface area contributed by atoms with E-state index in [0.717, 1.165) is 25.5 Å². The van der Waals surface area contributed by atoms with Gasteiger partial charge in [-0.2, -0.15) is 0 Å². The maximum absolute atomic E-state index is 11.8. The number of amides is 1. The van der Waals surface area contributed by atoms with Crippen molar-refractivity contribution in [2.75, 3.05) is 33.2 Å². The van der Waals surface area contributed by atoms with E-state index >= 15 is 0 Å². The first-order valence-corrected chi connectivity index (χ1v) is 9.02. The molecule has 7 heteroatoms. The number of rotatable bonds is 7. The summed E-state index contributed by atoms with van der Waals surface area (Å²) in [7, 11) is 2.04. The van der Waals surface area contributed by atoms with Crippen LogP contribution in [-0.4, -0.2) is 50.0 Å². The second-order valence-electron chi connectivity index (χ2n) is 6.49. The molecule has 24 heavy (non-hydrogen) atoms. The van der Waals surface area contributed by atoms with Crippen LogP contribution < -0.4 is 10.6 Å². The molecule has 2 N–H and O–H groups in total. The lowest BCUT2D eigenvalue weighted by Crippen LogP contribution is -2.41. The van der Waals surface area contributed by atoms with E-state index in [9.17, 15) is 4.79 Å². The Morgan fingerprint density at radius 1 is 1.33 bits per heavy atom. The van der Waals surface area contributed by atoms with Gasteiger partial charge >= 0.3 is 0 Å². The van der Waals surface area contributed by atoms with Crippen LogP contribution >= 0.6 is 35.3 Å². The van der Waals surface area contributed by atoms with Gasteiger partial charge in [0.15, 0.2) is 5.96 Å². The van der Waals surface area contributed by atoms with Crippen LogP contribution in [0.25, 0.3) is 0 Å². The van der Waals surface area contributed by atoms with Crippen LogP contribution in [0.5, 0.6) is 0 Å². The molecule has 0 aliphatic heterocycles. The van der Waals surface area contributed by atoms with Crippen molar-refractivity contribution in [1.82, 2.24) is 15.5 Å². The lowest BCUT2D eigenvalue weighted by molar-refractivity contribution is -0.128. The first-order valence-electron chi connectivity index (χ1n) is 8.14. The highest BCUT2D eigenvalue weighted by molar-refractivity contribution is 14.0. The number of likely N-dealkylation sites (N-methyl/N-ethyl adjacent to an activating group) is 1. The minimum atomic E-state index is -0.355. The van der Waals surface area contributed by atoms with E-state index in [1.807, 2.05) is 27.8 Å². The summed E-state index contributed by atoms with van der Waals surface area (Å²) < 4.78 is 0. The Kier molecular flexibility index (Phi) is 11.3. The zero-order chi connectivity index (χ0) is 17.3. The molecule has 1 aromatic rings. The van der Waals surface area contributed by atoms with Crippen molar-refractivity contribution in [3.05, 3.63) is 22.4 Å². The zero-order valence-electron chi connectivity index (χ0n) is 15.4. The number of guanidine groups is 1. The molecule has 1 amide bonds. The standard InChI is InChI=1S/C17H30N4OS.HI/c1-6-18-16(20-11-10-19-15(22)17(2,3)4)21(5)12-9-14-8-7-13-23-14;/h7-8,13H,6,9-12H2,1-5H3,(H,18,20)(H,19,22);1H. The van der Waals surface area contributed by atoms with Gasteiger partial charge in [-0.25, -0.2) is 0 Å². The lowest BCUT2D eigenvalue weighted by Gasteiger charge is -2.22. The number of carbonyl (C=O) groups excluding carboxylic acids is 1. The molecule has 0 aliphatic rings. The van der Waals surface area contributed by atoms with E-state index in [-0.39, 0.29) is 35.3 Å². The number of carbonyl (C=O) groups is 1. The van der Waals surface area contributed by atoms with Gasteiger partial charge in [-0.3, -0.25) is 9.79 Å². The molecule has 0 fully saturated rings. The molecule has 0 spiro atoms. The SMILES string of the molecule is CCNC(=NCCNC(=O)C(C)(C)C)N(C)CCc1cccs1.I. The molecule has 5 nitrogen and oxygen atoms in total. The van der Waals surface area contributed by atoms with E-state index < -0.39 is 0 Å². The van der Waals surface area contributed by atoms with Crippen molar-refractivity contribution in [2.45, 2.75) is 34.1 Å². The number of nitrogens with zero attached hydrogens (tertiary/aromatic N) is 2. The van der Waals surface area contributed by atoms with Crippen LogP contribution in [0.4, 0.5) is 0 Å². The van der Waals surface area contributed by atoms with Crippen LogP contribution in [0.15, 0.2) is 22.5 Å². The summed E-state index contributed by atoms with van der Waals surface area (Å²) in [6, 6.07) is 4.24. The predicted molar refractivity (Wildman–Crippen MR) is 115 cm³/mol. The van der Waals surface area contributed by atoms with Gasteiger partial charge in [0.1, 0.15) is 0 Å². The quantitative estimate of drug-likeness (QED) is 0.281. The highest BCUT2D eigenvalue weighted by Crippen LogP contribution is 2.12. The molecule has 0 aliphatic carbocycles. The van der Waals surface area contributed by atoms with E-state index in [1.165, 1.54) is 4.88 Å². The van der Waals surface area contributed by atoms with E-state index in [2.05, 4.69) is 45.0 Å². The number of halogens is 1. The van der Waals surface area contributed by atoms with Gasteiger partial charge in [-0.05, 0) is 24.8 Å². The highest BCUT2D eigenvalue weighted by atomic mass is 127. The van der Waals surface area contributed by atoms with Crippen molar-refractivity contribution < 1.29 is 4.79 Å². The van der Waals surface area contributed by atoms with Crippen LogP contribution in [0.2, 0.25) is 0 Å². The minimum absolute atomic E-state index is 0. The smallest absolute Gasteiger partial charge is 0.225 e. The van der Waals surface area contributed by atoms with Gasteiger partial charge in [0, 0.05) is 37.0 Å². The van der Waals surface area contributed by atoms with Gasteiger partial charge < -0.3 is 15.5 Å². The third kappa shape index (κ3) is 8.86. The Morgan fingerprint density at radius 3 is 2.58 bits per heavy atom. The fourth-order valence-electron chi connectivity index (χ4n) is 1.90. The Morgan fingerprint density at radius 2 is 2.04 bits per heavy atom. The first kappa shape index (κ1) is 23.2. The third-order valence-corrected chi connectivity index (χ3v) is 4.25. The van der Waals surface area contributed by atoms with Crippen molar-refractivity contribution in [2.24, 2.45) is 10.4 Å². The number of thiophene rings is 1. The number of hydrogen-bond acceptors (Lipinski definition) is 3. The summed E-state index contributed by atoms with van der Waals surface area (Å²) in [4.78, 5) is 19.9. The monoisotopic (exact) mass is 466 g/mol. The average molecular weight is 466 g/mol. The van der Waals surface area contributed by atoms with Crippen molar-refractivity contribution in [1.29, 1.82) is 0 Å². The van der Waals surface area contributed by atoms with Crippen LogP contribution in [0.3, 0.4) is 0 Å². The molecule has 1 aromatic heterocycles. The maximum Gasteiger partial charge on any atom is 0.225 e. The zero-order valence-corrected chi connectivity index (χ0v) is 18.5. The summed E-state index contributed by atoms with van der Waals surface area (Å²) in [5.41, 5.74) is -0.355. The Bertz CT molecular complexity index is 497. The third-order valence-electron chi connectivity index (χ3n) is 3.31. The topological polar surface area (TPSA) is 56.7 Å². The summed E-state index contributed by atoms with van der Waals surface area (Å²) in [6.07, 6.45) is 1.01. The summed E-state index contributed by atoms with van der Waals surface area (Å²) in [5, 5.41) is 8.32. The van der Waals surface area contributed by atoms with E-state index in [1.54, 1.807) is 11.3 Å². The molecule has 0 radical (unpaired) electrons. The van der Waals surface area contributed by atoms with Crippen LogP contribution in [0, 0.1) is 5.41 Å². The second kappa shape index (κ2) is 11.7. The maximum atomic E-state index is 11.8. The van der Waals surface area contributed by atoms with Crippen molar-refractivity contribution in [3.63, 3.8) is 0 Å². The number of nitrogens with one attached hydrogen (secondary N) is 2. The molecular formula is C17H31IN4OS. The van der Waals surface area contributed by atoms with Crippen LogP contribution in [-0.2, 0) is 11.2 Å². The Hall–Kier alpha value is -0.830. The largest absolute Gasteiger partial charge is 0.357 e. The minimum Gasteiger partial charge on any atom is -0.357 e. The first-order chi connectivity index (χ1) is 10.8. The Balaban J connectivity index is 0.00000529. The summed E-state index contributed by atoms with van der Waals surface area (Å²) in [5.74, 6) is 0.942. The molecule has 1 rings (SSSR count). The fraction of sp³-hybridized carbons (Fsp3) is 0.647. The Labute approximate surface area is 167 Å². The molecule has 0 atom stereocenters. The molecule has 0 aromatic carbocycles. The van der Waals surface area contributed by atoms with Gasteiger partial charge in [-0.1, -0.05) is 26.8 Å². The number of hydrogen-bond donors (Lipinski definition) is 2. The van der Waals surface area contributed by atoms with E-state index in [0.29, 0.717) is 13.1 Å². The molecule has 138 valence electrons. The van der Waals surface area contributed by atoms with Gasteiger partial charge in [0.2, 0.25) is 5.91 Å². The molecule has 0 saturated carbocycles. The summed E-state index contributed by atoms with van der Waals surface area (Å²) >= 11 is 1.78. The number of aliphatic imine (C=N–C) groups is 1. The van der Waals surface area contributed by atoms with E-state index in [4.69, 9.17) is 0 Å². The molecular weight excluding hydrogens is 435 g/mol. The van der Waals surface area contributed by atoms with Gasteiger partial charge in [0.05, 0.1) is 6.54 Å². The predicted octanol–water partition coefficient (Wildman–Crippen LogP) is 2.97. The molecule has 0 bridgehead atoms. The van der Waals surface area contributed by atoms with Crippen molar-refractivity contribution >= 4 is 47.2 Å². The molecule has 0 unspecified atom stereocenters. The average Bonchev–Trinajstić information content (AvgIpc) is 3.00. The van der Waals surface area contributed by atoms with Gasteiger partial charge in [0.25, 0.3) is 0 Å².